The zero-order chi connectivity index (χ0) is 15.0. The third-order valence-corrected chi connectivity index (χ3v) is 5.11. The minimum atomic E-state index is -0.791. The lowest BCUT2D eigenvalue weighted by atomic mass is 10.0. The van der Waals surface area contributed by atoms with E-state index in [-0.39, 0.29) is 0 Å². The molecule has 3 nitrogen and oxygen atoms in total. The van der Waals surface area contributed by atoms with E-state index in [2.05, 4.69) is 38.5 Å². The Kier molecular flexibility index (Phi) is 4.63. The highest BCUT2D eigenvalue weighted by Gasteiger charge is 2.21. The third kappa shape index (κ3) is 3.16. The SMILES string of the molecule is OC(c1cc2c(cc1Br)OCCO2)c1cc(Cl)ccc1I. The number of hydrogen-bond acceptors (Lipinski definition) is 3. The van der Waals surface area contributed by atoms with Gasteiger partial charge in [-0.3, -0.25) is 0 Å². The number of rotatable bonds is 2. The number of ether oxygens (including phenoxy) is 2. The summed E-state index contributed by atoms with van der Waals surface area (Å²) in [6.45, 7) is 1.05. The maximum Gasteiger partial charge on any atom is 0.162 e. The summed E-state index contributed by atoms with van der Waals surface area (Å²) in [4.78, 5) is 0. The van der Waals surface area contributed by atoms with E-state index in [9.17, 15) is 5.11 Å². The fourth-order valence-electron chi connectivity index (χ4n) is 2.18. The van der Waals surface area contributed by atoms with E-state index < -0.39 is 6.10 Å². The molecule has 0 spiro atoms. The summed E-state index contributed by atoms with van der Waals surface area (Å²) in [5.74, 6) is 1.33. The summed E-state index contributed by atoms with van der Waals surface area (Å²) in [6.07, 6.45) is -0.791. The zero-order valence-corrected chi connectivity index (χ0v) is 15.3. The van der Waals surface area contributed by atoms with E-state index in [1.54, 1.807) is 18.2 Å². The zero-order valence-electron chi connectivity index (χ0n) is 10.8. The van der Waals surface area contributed by atoms with Crippen molar-refractivity contribution in [3.63, 3.8) is 0 Å². The Labute approximate surface area is 149 Å². The molecule has 1 unspecified atom stereocenters. The van der Waals surface area contributed by atoms with Crippen LogP contribution in [0.5, 0.6) is 11.5 Å². The largest absolute Gasteiger partial charge is 0.486 e. The minimum Gasteiger partial charge on any atom is -0.486 e. The van der Waals surface area contributed by atoms with Crippen molar-refractivity contribution >= 4 is 50.1 Å². The lowest BCUT2D eigenvalue weighted by Gasteiger charge is -2.22. The highest BCUT2D eigenvalue weighted by atomic mass is 127. The molecule has 6 heteroatoms. The van der Waals surface area contributed by atoms with Crippen LogP contribution in [0.1, 0.15) is 17.2 Å². The number of aliphatic hydroxyl groups excluding tert-OH is 1. The molecule has 21 heavy (non-hydrogen) atoms. The van der Waals surface area contributed by atoms with E-state index in [4.69, 9.17) is 21.1 Å². The number of benzene rings is 2. The fraction of sp³-hybridized carbons (Fsp3) is 0.200. The Bertz CT molecular complexity index is 693. The third-order valence-electron chi connectivity index (χ3n) is 3.21. The van der Waals surface area contributed by atoms with Crippen molar-refractivity contribution in [3.8, 4) is 11.5 Å². The number of aliphatic hydroxyl groups is 1. The van der Waals surface area contributed by atoms with Gasteiger partial charge in [-0.1, -0.05) is 27.5 Å². The molecule has 0 saturated heterocycles. The van der Waals surface area contributed by atoms with Crippen LogP contribution in [0.15, 0.2) is 34.8 Å². The summed E-state index contributed by atoms with van der Waals surface area (Å²) in [5.41, 5.74) is 1.49. The maximum absolute atomic E-state index is 10.7. The summed E-state index contributed by atoms with van der Waals surface area (Å²) in [5, 5.41) is 11.3. The fourth-order valence-corrected chi connectivity index (χ4v) is 3.53. The molecule has 0 radical (unpaired) electrons. The molecular formula is C15H11BrClIO3. The van der Waals surface area contributed by atoms with E-state index in [0.717, 1.165) is 19.2 Å². The monoisotopic (exact) mass is 480 g/mol. The van der Waals surface area contributed by atoms with Crippen LogP contribution >= 0.6 is 50.1 Å². The van der Waals surface area contributed by atoms with Crippen LogP contribution < -0.4 is 9.47 Å². The van der Waals surface area contributed by atoms with Crippen LogP contribution in [0, 0.1) is 3.57 Å². The highest BCUT2D eigenvalue weighted by molar-refractivity contribution is 14.1. The molecule has 0 aliphatic carbocycles. The number of fused-ring (bicyclic) bond motifs is 1. The van der Waals surface area contributed by atoms with Gasteiger partial charge in [-0.15, -0.1) is 0 Å². The van der Waals surface area contributed by atoms with Gasteiger partial charge < -0.3 is 14.6 Å². The Balaban J connectivity index is 2.05. The van der Waals surface area contributed by atoms with Crippen molar-refractivity contribution < 1.29 is 14.6 Å². The Morgan fingerprint density at radius 3 is 2.48 bits per heavy atom. The lowest BCUT2D eigenvalue weighted by molar-refractivity contribution is 0.169. The molecule has 2 aromatic carbocycles. The Hall–Kier alpha value is -0.500. The summed E-state index contributed by atoms with van der Waals surface area (Å²) in [6, 6.07) is 9.09. The van der Waals surface area contributed by atoms with Gasteiger partial charge in [0.15, 0.2) is 11.5 Å². The molecular weight excluding hydrogens is 470 g/mol. The minimum absolute atomic E-state index is 0.513. The molecule has 3 rings (SSSR count). The second-order valence-corrected chi connectivity index (χ2v) is 7.04. The molecule has 1 N–H and O–H groups in total. The quantitative estimate of drug-likeness (QED) is 0.640. The first-order valence-electron chi connectivity index (χ1n) is 6.28. The van der Waals surface area contributed by atoms with Gasteiger partial charge in [-0.05, 0) is 58.5 Å². The van der Waals surface area contributed by atoms with Gasteiger partial charge in [0.1, 0.15) is 19.3 Å². The summed E-state index contributed by atoms with van der Waals surface area (Å²) < 4.78 is 12.8. The van der Waals surface area contributed by atoms with Crippen molar-refractivity contribution in [1.29, 1.82) is 0 Å². The van der Waals surface area contributed by atoms with Crippen molar-refractivity contribution in [3.05, 3.63) is 54.5 Å². The van der Waals surface area contributed by atoms with Crippen LogP contribution in [0.3, 0.4) is 0 Å². The lowest BCUT2D eigenvalue weighted by Crippen LogP contribution is -2.16. The topological polar surface area (TPSA) is 38.7 Å². The van der Waals surface area contributed by atoms with E-state index in [1.165, 1.54) is 0 Å². The van der Waals surface area contributed by atoms with Crippen molar-refractivity contribution in [1.82, 2.24) is 0 Å². The summed E-state index contributed by atoms with van der Waals surface area (Å²) in [7, 11) is 0. The highest BCUT2D eigenvalue weighted by Crippen LogP contribution is 2.40. The predicted molar refractivity (Wildman–Crippen MR) is 93.4 cm³/mol. The first-order valence-corrected chi connectivity index (χ1v) is 8.53. The van der Waals surface area contributed by atoms with Gasteiger partial charge in [0.25, 0.3) is 0 Å². The smallest absolute Gasteiger partial charge is 0.162 e. The molecule has 1 aliphatic rings. The van der Waals surface area contributed by atoms with Gasteiger partial charge in [0.2, 0.25) is 0 Å². The van der Waals surface area contributed by atoms with Crippen LogP contribution in [0.25, 0.3) is 0 Å². The molecule has 2 aromatic rings. The molecule has 1 heterocycles. The molecule has 0 saturated carbocycles. The van der Waals surface area contributed by atoms with E-state index in [0.29, 0.717) is 29.7 Å². The van der Waals surface area contributed by atoms with Gasteiger partial charge in [0, 0.05) is 18.6 Å². The number of halogens is 3. The Morgan fingerprint density at radius 1 is 1.10 bits per heavy atom. The molecule has 1 atom stereocenters. The first kappa shape index (κ1) is 15.4. The maximum atomic E-state index is 10.7. The van der Waals surface area contributed by atoms with Crippen LogP contribution in [0.4, 0.5) is 0 Å². The molecule has 1 aliphatic heterocycles. The molecule has 0 aromatic heterocycles. The van der Waals surface area contributed by atoms with Gasteiger partial charge in [-0.2, -0.15) is 0 Å². The van der Waals surface area contributed by atoms with E-state index >= 15 is 0 Å². The van der Waals surface area contributed by atoms with Crippen LogP contribution in [0.2, 0.25) is 5.02 Å². The van der Waals surface area contributed by atoms with Crippen molar-refractivity contribution in [2.75, 3.05) is 13.2 Å². The number of hydrogen-bond donors (Lipinski definition) is 1. The molecule has 110 valence electrons. The average molecular weight is 482 g/mol. The molecule has 0 bridgehead atoms. The Morgan fingerprint density at radius 2 is 1.76 bits per heavy atom. The standard InChI is InChI=1S/C15H11BrClIO3/c16-11-7-14-13(20-3-4-21-14)6-9(11)15(19)10-5-8(17)1-2-12(10)18/h1-2,5-7,15,19H,3-4H2. The summed E-state index contributed by atoms with van der Waals surface area (Å²) >= 11 is 11.7. The predicted octanol–water partition coefficient (Wildman–Crippen LogP) is 4.56. The van der Waals surface area contributed by atoms with Crippen molar-refractivity contribution in [2.45, 2.75) is 6.10 Å². The normalized spacial score (nSPS) is 14.9. The molecule has 0 fully saturated rings. The second kappa shape index (κ2) is 6.32. The van der Waals surface area contributed by atoms with Gasteiger partial charge in [-0.25, -0.2) is 0 Å². The van der Waals surface area contributed by atoms with Crippen LogP contribution in [-0.2, 0) is 0 Å². The van der Waals surface area contributed by atoms with Gasteiger partial charge >= 0.3 is 0 Å². The first-order chi connectivity index (χ1) is 10.1. The van der Waals surface area contributed by atoms with Crippen LogP contribution in [-0.4, -0.2) is 18.3 Å². The average Bonchev–Trinajstić information content (AvgIpc) is 2.48. The second-order valence-electron chi connectivity index (χ2n) is 4.59. The van der Waals surface area contributed by atoms with E-state index in [1.807, 2.05) is 12.1 Å². The van der Waals surface area contributed by atoms with Crippen molar-refractivity contribution in [2.24, 2.45) is 0 Å². The molecule has 0 amide bonds. The van der Waals surface area contributed by atoms with Gasteiger partial charge in [0.05, 0.1) is 0 Å².